The molecule has 0 fully saturated rings. The second-order valence-corrected chi connectivity index (χ2v) is 5.96. The fourth-order valence-corrected chi connectivity index (χ4v) is 2.38. The lowest BCUT2D eigenvalue weighted by Gasteiger charge is -2.08. The lowest BCUT2D eigenvalue weighted by molar-refractivity contribution is 0.527. The predicted molar refractivity (Wildman–Crippen MR) is 82.4 cm³/mol. The van der Waals surface area contributed by atoms with Crippen LogP contribution in [0, 0.1) is 19.8 Å². The van der Waals surface area contributed by atoms with Crippen molar-refractivity contribution in [3.63, 3.8) is 0 Å². The predicted octanol–water partition coefficient (Wildman–Crippen LogP) is 3.83. The summed E-state index contributed by atoms with van der Waals surface area (Å²) in [6, 6.07) is 0. The summed E-state index contributed by atoms with van der Waals surface area (Å²) in [6.45, 7) is 14.1. The van der Waals surface area contributed by atoms with Crippen LogP contribution in [-0.2, 0) is 13.1 Å². The molecule has 1 aromatic heterocycles. The molecule has 0 spiro atoms. The standard InChI is InChI=1S/C16H31N3/c1-6-7-8-9-10-19-15(5)16(14(4)18-19)12-17-11-13(2)3/h13,17H,6-12H2,1-5H3. The molecule has 0 atom stereocenters. The first kappa shape index (κ1) is 16.2. The van der Waals surface area contributed by atoms with Gasteiger partial charge in [-0.05, 0) is 32.7 Å². The van der Waals surface area contributed by atoms with E-state index in [1.807, 2.05) is 0 Å². The van der Waals surface area contributed by atoms with E-state index in [0.29, 0.717) is 5.92 Å². The Morgan fingerprint density at radius 3 is 2.53 bits per heavy atom. The maximum atomic E-state index is 4.68. The second-order valence-electron chi connectivity index (χ2n) is 5.96. The lowest BCUT2D eigenvalue weighted by atomic mass is 10.1. The van der Waals surface area contributed by atoms with E-state index in [2.05, 4.69) is 49.7 Å². The highest BCUT2D eigenvalue weighted by atomic mass is 15.3. The van der Waals surface area contributed by atoms with Gasteiger partial charge in [-0.2, -0.15) is 5.10 Å². The highest BCUT2D eigenvalue weighted by Crippen LogP contribution is 2.14. The van der Waals surface area contributed by atoms with Crippen LogP contribution in [0.2, 0.25) is 0 Å². The monoisotopic (exact) mass is 265 g/mol. The molecule has 1 aromatic rings. The van der Waals surface area contributed by atoms with Gasteiger partial charge in [-0.1, -0.05) is 40.0 Å². The van der Waals surface area contributed by atoms with Gasteiger partial charge in [0.1, 0.15) is 0 Å². The number of hydrogen-bond acceptors (Lipinski definition) is 2. The molecule has 110 valence electrons. The third kappa shape index (κ3) is 5.35. The molecule has 0 unspecified atom stereocenters. The summed E-state index contributed by atoms with van der Waals surface area (Å²) >= 11 is 0. The van der Waals surface area contributed by atoms with Crippen LogP contribution < -0.4 is 5.32 Å². The Morgan fingerprint density at radius 2 is 1.89 bits per heavy atom. The lowest BCUT2D eigenvalue weighted by Crippen LogP contribution is -2.19. The van der Waals surface area contributed by atoms with E-state index in [0.717, 1.165) is 19.6 Å². The third-order valence-electron chi connectivity index (χ3n) is 3.61. The molecule has 1 rings (SSSR count). The van der Waals surface area contributed by atoms with Crippen molar-refractivity contribution < 1.29 is 0 Å². The van der Waals surface area contributed by atoms with Gasteiger partial charge in [-0.15, -0.1) is 0 Å². The van der Waals surface area contributed by atoms with Crippen LogP contribution in [0.5, 0.6) is 0 Å². The number of nitrogens with zero attached hydrogens (tertiary/aromatic N) is 2. The Kier molecular flexibility index (Phi) is 7.14. The van der Waals surface area contributed by atoms with Crippen LogP contribution in [0.4, 0.5) is 0 Å². The Balaban J connectivity index is 2.51. The van der Waals surface area contributed by atoms with Crippen LogP contribution in [0.25, 0.3) is 0 Å². The minimum atomic E-state index is 0.699. The average Bonchev–Trinajstić information content (AvgIpc) is 2.62. The van der Waals surface area contributed by atoms with Gasteiger partial charge in [0.15, 0.2) is 0 Å². The van der Waals surface area contributed by atoms with Crippen molar-refractivity contribution in [3.8, 4) is 0 Å². The molecule has 1 heterocycles. The molecule has 19 heavy (non-hydrogen) atoms. The van der Waals surface area contributed by atoms with Gasteiger partial charge in [0, 0.05) is 24.3 Å². The van der Waals surface area contributed by atoms with Gasteiger partial charge in [-0.25, -0.2) is 0 Å². The molecule has 0 aromatic carbocycles. The van der Waals surface area contributed by atoms with Crippen molar-refractivity contribution in [2.45, 2.75) is 73.4 Å². The molecule has 0 aliphatic heterocycles. The van der Waals surface area contributed by atoms with E-state index < -0.39 is 0 Å². The Hall–Kier alpha value is -0.830. The molecular formula is C16H31N3. The molecule has 0 amide bonds. The van der Waals surface area contributed by atoms with Crippen molar-refractivity contribution in [2.24, 2.45) is 5.92 Å². The fraction of sp³-hybridized carbons (Fsp3) is 0.812. The molecule has 0 saturated heterocycles. The highest BCUT2D eigenvalue weighted by Gasteiger charge is 2.10. The van der Waals surface area contributed by atoms with Crippen LogP contribution in [-0.4, -0.2) is 16.3 Å². The molecule has 0 saturated carbocycles. The van der Waals surface area contributed by atoms with Crippen molar-refractivity contribution in [3.05, 3.63) is 17.0 Å². The van der Waals surface area contributed by atoms with E-state index in [9.17, 15) is 0 Å². The quantitative estimate of drug-likeness (QED) is 0.688. The van der Waals surface area contributed by atoms with Gasteiger partial charge in [0.05, 0.1) is 5.69 Å². The molecule has 3 nitrogen and oxygen atoms in total. The van der Waals surface area contributed by atoms with E-state index in [4.69, 9.17) is 0 Å². The third-order valence-corrected chi connectivity index (χ3v) is 3.61. The van der Waals surface area contributed by atoms with Crippen LogP contribution in [0.1, 0.15) is 63.4 Å². The summed E-state index contributed by atoms with van der Waals surface area (Å²) in [7, 11) is 0. The first-order valence-electron chi connectivity index (χ1n) is 7.79. The summed E-state index contributed by atoms with van der Waals surface area (Å²) in [5.41, 5.74) is 3.91. The molecule has 0 bridgehead atoms. The number of unbranched alkanes of at least 4 members (excludes halogenated alkanes) is 3. The number of aromatic nitrogens is 2. The van der Waals surface area contributed by atoms with E-state index >= 15 is 0 Å². The molecular weight excluding hydrogens is 234 g/mol. The maximum Gasteiger partial charge on any atom is 0.0641 e. The minimum absolute atomic E-state index is 0.699. The van der Waals surface area contributed by atoms with Crippen molar-refractivity contribution >= 4 is 0 Å². The van der Waals surface area contributed by atoms with E-state index in [1.54, 1.807) is 0 Å². The zero-order chi connectivity index (χ0) is 14.3. The molecule has 3 heteroatoms. The Bertz CT molecular complexity index is 366. The molecule has 0 aliphatic rings. The van der Waals surface area contributed by atoms with E-state index in [1.165, 1.54) is 42.6 Å². The Labute approximate surface area is 118 Å². The maximum absolute atomic E-state index is 4.68. The van der Waals surface area contributed by atoms with Crippen molar-refractivity contribution in [1.29, 1.82) is 0 Å². The summed E-state index contributed by atoms with van der Waals surface area (Å²) in [4.78, 5) is 0. The largest absolute Gasteiger partial charge is 0.312 e. The zero-order valence-corrected chi connectivity index (χ0v) is 13.4. The van der Waals surface area contributed by atoms with Crippen LogP contribution >= 0.6 is 0 Å². The normalized spacial score (nSPS) is 11.5. The first-order valence-corrected chi connectivity index (χ1v) is 7.79. The van der Waals surface area contributed by atoms with Gasteiger partial charge in [-0.3, -0.25) is 4.68 Å². The first-order chi connectivity index (χ1) is 9.06. The second kappa shape index (κ2) is 8.36. The highest BCUT2D eigenvalue weighted by molar-refractivity contribution is 5.24. The smallest absolute Gasteiger partial charge is 0.0641 e. The van der Waals surface area contributed by atoms with Gasteiger partial charge < -0.3 is 5.32 Å². The summed E-state index contributed by atoms with van der Waals surface area (Å²) in [5, 5.41) is 8.20. The molecule has 0 aliphatic carbocycles. The number of nitrogens with one attached hydrogen (secondary N) is 1. The van der Waals surface area contributed by atoms with Crippen LogP contribution in [0.3, 0.4) is 0 Å². The molecule has 0 radical (unpaired) electrons. The summed E-state index contributed by atoms with van der Waals surface area (Å²) in [5.74, 6) is 0.699. The van der Waals surface area contributed by atoms with Crippen molar-refractivity contribution in [1.82, 2.24) is 15.1 Å². The van der Waals surface area contributed by atoms with Crippen LogP contribution in [0.15, 0.2) is 0 Å². The number of rotatable bonds is 9. The number of aryl methyl sites for hydroxylation is 2. The SMILES string of the molecule is CCCCCCn1nc(C)c(CNCC(C)C)c1C. The fourth-order valence-electron chi connectivity index (χ4n) is 2.38. The topological polar surface area (TPSA) is 29.9 Å². The van der Waals surface area contributed by atoms with Crippen molar-refractivity contribution in [2.75, 3.05) is 6.54 Å². The molecule has 1 N–H and O–H groups in total. The minimum Gasteiger partial charge on any atom is -0.312 e. The Morgan fingerprint density at radius 1 is 1.16 bits per heavy atom. The zero-order valence-electron chi connectivity index (χ0n) is 13.4. The average molecular weight is 265 g/mol. The number of hydrogen-bond donors (Lipinski definition) is 1. The summed E-state index contributed by atoms with van der Waals surface area (Å²) in [6.07, 6.45) is 5.19. The van der Waals surface area contributed by atoms with Gasteiger partial charge in [0.2, 0.25) is 0 Å². The summed E-state index contributed by atoms with van der Waals surface area (Å²) < 4.78 is 2.19. The van der Waals surface area contributed by atoms with Gasteiger partial charge in [0.25, 0.3) is 0 Å². The van der Waals surface area contributed by atoms with Gasteiger partial charge >= 0.3 is 0 Å². The van der Waals surface area contributed by atoms with E-state index in [-0.39, 0.29) is 0 Å².